The van der Waals surface area contributed by atoms with E-state index in [0.717, 1.165) is 0 Å². The lowest BCUT2D eigenvalue weighted by Gasteiger charge is -2.17. The Kier molecular flexibility index (Phi) is 1.76. The molecule has 0 saturated heterocycles. The van der Waals surface area contributed by atoms with E-state index >= 15 is 0 Å². The average molecular weight is 126 g/mol. The highest BCUT2D eigenvalue weighted by Crippen LogP contribution is 2.08. The lowest BCUT2D eigenvalue weighted by atomic mass is 10.1. The fourth-order valence-corrected chi connectivity index (χ4v) is 0.914. The normalized spacial score (nSPS) is 26.2. The van der Waals surface area contributed by atoms with Crippen LogP contribution in [0.3, 0.4) is 0 Å². The molecule has 0 bridgehead atoms. The molecule has 1 heterocycles. The van der Waals surface area contributed by atoms with E-state index in [4.69, 9.17) is 0 Å². The van der Waals surface area contributed by atoms with Gasteiger partial charge in [-0.1, -0.05) is 13.8 Å². The van der Waals surface area contributed by atoms with Crippen LogP contribution in [0.2, 0.25) is 0 Å². The summed E-state index contributed by atoms with van der Waals surface area (Å²) in [6.07, 6.45) is 4.25. The number of nitrogens with zero attached hydrogens (tertiary/aromatic N) is 1. The van der Waals surface area contributed by atoms with Gasteiger partial charge in [-0.25, -0.2) is 5.43 Å². The fraction of sp³-hybridized carbons (Fsp3) is 0.714. The molecule has 1 atom stereocenters. The third-order valence-electron chi connectivity index (χ3n) is 1.59. The first-order chi connectivity index (χ1) is 4.20. The number of hydrogen-bond acceptors (Lipinski definition) is 2. The van der Waals surface area contributed by atoms with Crippen molar-refractivity contribution in [2.24, 2.45) is 5.92 Å². The van der Waals surface area contributed by atoms with Gasteiger partial charge in [0.2, 0.25) is 0 Å². The molecule has 0 amide bonds. The second-order valence-electron chi connectivity index (χ2n) is 2.85. The minimum Gasteiger partial charge on any atom is -0.318 e. The van der Waals surface area contributed by atoms with Crippen LogP contribution in [0.25, 0.3) is 0 Å². The van der Waals surface area contributed by atoms with Gasteiger partial charge in [0.15, 0.2) is 0 Å². The minimum absolute atomic E-state index is 0.537. The zero-order chi connectivity index (χ0) is 6.85. The molecule has 0 spiro atoms. The monoisotopic (exact) mass is 126 g/mol. The molecule has 52 valence electrons. The van der Waals surface area contributed by atoms with E-state index in [1.54, 1.807) is 0 Å². The van der Waals surface area contributed by atoms with Gasteiger partial charge >= 0.3 is 0 Å². The molecule has 0 radical (unpaired) electrons. The van der Waals surface area contributed by atoms with Crippen LogP contribution in [0.5, 0.6) is 0 Å². The van der Waals surface area contributed by atoms with Crippen LogP contribution in [-0.2, 0) is 0 Å². The lowest BCUT2D eigenvalue weighted by Crippen LogP contribution is -2.35. The molecule has 1 N–H and O–H groups in total. The van der Waals surface area contributed by atoms with Gasteiger partial charge in [0.05, 0.1) is 0 Å². The largest absolute Gasteiger partial charge is 0.318 e. The van der Waals surface area contributed by atoms with Gasteiger partial charge < -0.3 is 5.01 Å². The molecule has 0 aromatic heterocycles. The molecule has 2 nitrogen and oxygen atoms in total. The Hall–Kier alpha value is -0.500. The quantitative estimate of drug-likeness (QED) is 0.563. The highest BCUT2D eigenvalue weighted by Gasteiger charge is 2.14. The van der Waals surface area contributed by atoms with Crippen LogP contribution in [0.15, 0.2) is 12.3 Å². The molecule has 0 saturated carbocycles. The number of nitrogens with one attached hydrogen (secondary N) is 1. The van der Waals surface area contributed by atoms with Crippen molar-refractivity contribution < 1.29 is 0 Å². The SMILES string of the molecule is CC(C)C1C=CN(C)N1. The molecule has 1 aliphatic rings. The van der Waals surface area contributed by atoms with E-state index < -0.39 is 0 Å². The highest BCUT2D eigenvalue weighted by atomic mass is 15.5. The Balaban J connectivity index is 2.41. The number of hydrazine groups is 1. The molecule has 1 aliphatic heterocycles. The van der Waals surface area contributed by atoms with Crippen molar-refractivity contribution in [1.29, 1.82) is 0 Å². The zero-order valence-corrected chi connectivity index (χ0v) is 6.26. The maximum atomic E-state index is 3.28. The topological polar surface area (TPSA) is 15.3 Å². The van der Waals surface area contributed by atoms with Crippen molar-refractivity contribution >= 4 is 0 Å². The Bertz CT molecular complexity index is 118. The van der Waals surface area contributed by atoms with E-state index in [-0.39, 0.29) is 0 Å². The summed E-state index contributed by atoms with van der Waals surface area (Å²) in [5.74, 6) is 0.686. The summed E-state index contributed by atoms with van der Waals surface area (Å²) in [4.78, 5) is 0. The second kappa shape index (κ2) is 2.40. The average Bonchev–Trinajstić information content (AvgIpc) is 2.14. The first kappa shape index (κ1) is 6.62. The van der Waals surface area contributed by atoms with Crippen molar-refractivity contribution in [3.8, 4) is 0 Å². The van der Waals surface area contributed by atoms with E-state index in [0.29, 0.717) is 12.0 Å². The fourth-order valence-electron chi connectivity index (χ4n) is 0.914. The maximum Gasteiger partial charge on any atom is 0.0482 e. The van der Waals surface area contributed by atoms with E-state index in [1.807, 2.05) is 12.1 Å². The Morgan fingerprint density at radius 1 is 1.56 bits per heavy atom. The predicted molar refractivity (Wildman–Crippen MR) is 38.7 cm³/mol. The first-order valence-corrected chi connectivity index (χ1v) is 3.37. The predicted octanol–water partition coefficient (Wildman–Crippen LogP) is 0.975. The van der Waals surface area contributed by atoms with E-state index in [2.05, 4.69) is 31.5 Å². The van der Waals surface area contributed by atoms with Gasteiger partial charge in [-0.05, 0) is 12.0 Å². The van der Waals surface area contributed by atoms with E-state index in [9.17, 15) is 0 Å². The second-order valence-corrected chi connectivity index (χ2v) is 2.85. The maximum absolute atomic E-state index is 3.28. The summed E-state index contributed by atoms with van der Waals surface area (Å²) in [7, 11) is 2.01. The van der Waals surface area contributed by atoms with Gasteiger partial charge in [-0.15, -0.1) is 0 Å². The Morgan fingerprint density at radius 2 is 2.22 bits per heavy atom. The van der Waals surface area contributed by atoms with Gasteiger partial charge in [0, 0.05) is 19.3 Å². The smallest absolute Gasteiger partial charge is 0.0482 e. The van der Waals surface area contributed by atoms with Crippen molar-refractivity contribution in [3.63, 3.8) is 0 Å². The summed E-state index contributed by atoms with van der Waals surface area (Å²) in [6.45, 7) is 4.42. The van der Waals surface area contributed by atoms with Crippen LogP contribution in [0.4, 0.5) is 0 Å². The molecule has 0 fully saturated rings. The highest BCUT2D eigenvalue weighted by molar-refractivity contribution is 4.98. The molecule has 1 unspecified atom stereocenters. The third-order valence-corrected chi connectivity index (χ3v) is 1.59. The van der Waals surface area contributed by atoms with E-state index in [1.165, 1.54) is 0 Å². The van der Waals surface area contributed by atoms with Crippen LogP contribution in [0, 0.1) is 5.92 Å². The molecule has 1 rings (SSSR count). The standard InChI is InChI=1S/C7H14N2/c1-6(2)7-4-5-9(3)8-7/h4-8H,1-3H3. The van der Waals surface area contributed by atoms with Crippen molar-refractivity contribution in [2.75, 3.05) is 7.05 Å². The van der Waals surface area contributed by atoms with Crippen LogP contribution in [0.1, 0.15) is 13.8 Å². The molecule has 0 aliphatic carbocycles. The molecular weight excluding hydrogens is 112 g/mol. The van der Waals surface area contributed by atoms with Gasteiger partial charge in [0.1, 0.15) is 0 Å². The summed E-state index contributed by atoms with van der Waals surface area (Å²) >= 11 is 0. The van der Waals surface area contributed by atoms with Gasteiger partial charge in [-0.2, -0.15) is 0 Å². The summed E-state index contributed by atoms with van der Waals surface area (Å²) in [5.41, 5.74) is 3.28. The molecule has 9 heavy (non-hydrogen) atoms. The number of rotatable bonds is 1. The van der Waals surface area contributed by atoms with Crippen LogP contribution in [-0.4, -0.2) is 18.1 Å². The summed E-state index contributed by atoms with van der Waals surface area (Å²) in [5, 5.41) is 1.99. The zero-order valence-electron chi connectivity index (χ0n) is 6.26. The lowest BCUT2D eigenvalue weighted by molar-refractivity contribution is 0.296. The van der Waals surface area contributed by atoms with Crippen molar-refractivity contribution in [3.05, 3.63) is 12.3 Å². The molecular formula is C7H14N2. The molecule has 2 heteroatoms. The minimum atomic E-state index is 0.537. The summed E-state index contributed by atoms with van der Waals surface area (Å²) in [6, 6.07) is 0.537. The first-order valence-electron chi connectivity index (χ1n) is 3.37. The molecule has 0 aromatic rings. The van der Waals surface area contributed by atoms with Crippen LogP contribution >= 0.6 is 0 Å². The number of hydrogen-bond donors (Lipinski definition) is 1. The third kappa shape index (κ3) is 1.45. The Morgan fingerprint density at radius 3 is 2.44 bits per heavy atom. The Labute approximate surface area is 56.5 Å². The molecule has 0 aromatic carbocycles. The van der Waals surface area contributed by atoms with Gasteiger partial charge in [-0.3, -0.25) is 0 Å². The summed E-state index contributed by atoms with van der Waals surface area (Å²) < 4.78 is 0. The van der Waals surface area contributed by atoms with Crippen LogP contribution < -0.4 is 5.43 Å². The van der Waals surface area contributed by atoms with Gasteiger partial charge in [0.25, 0.3) is 0 Å². The van der Waals surface area contributed by atoms with Crippen molar-refractivity contribution in [1.82, 2.24) is 10.4 Å². The van der Waals surface area contributed by atoms with Crippen molar-refractivity contribution in [2.45, 2.75) is 19.9 Å².